The van der Waals surface area contributed by atoms with E-state index in [1.807, 2.05) is 12.1 Å². The standard InChI is InChI=1S/C15H23N3O/c1-10(2)9-18(12-5-6-12)14-7-4-11(8-13(14)16)15(19)17-3/h4,7-8,10,12H,5-6,9,16H2,1-3H3,(H,17,19). The molecule has 4 heteroatoms. The molecule has 0 saturated heterocycles. The van der Waals surface area contributed by atoms with E-state index in [0.29, 0.717) is 23.2 Å². The summed E-state index contributed by atoms with van der Waals surface area (Å²) in [6, 6.07) is 6.21. The zero-order valence-electron chi connectivity index (χ0n) is 11.9. The smallest absolute Gasteiger partial charge is 0.251 e. The van der Waals surface area contributed by atoms with Gasteiger partial charge in [0.25, 0.3) is 5.91 Å². The SMILES string of the molecule is CNC(=O)c1ccc(N(CC(C)C)C2CC2)c(N)c1. The number of hydrogen-bond donors (Lipinski definition) is 2. The Hall–Kier alpha value is -1.71. The van der Waals surface area contributed by atoms with E-state index in [1.54, 1.807) is 13.1 Å². The van der Waals surface area contributed by atoms with Crippen LogP contribution in [0.15, 0.2) is 18.2 Å². The molecule has 19 heavy (non-hydrogen) atoms. The number of nitrogens with two attached hydrogens (primary N) is 1. The topological polar surface area (TPSA) is 58.4 Å². The van der Waals surface area contributed by atoms with Gasteiger partial charge < -0.3 is 16.0 Å². The fraction of sp³-hybridized carbons (Fsp3) is 0.533. The van der Waals surface area contributed by atoms with Gasteiger partial charge in [0, 0.05) is 25.2 Å². The third-order valence-electron chi connectivity index (χ3n) is 3.38. The third kappa shape index (κ3) is 3.19. The Balaban J connectivity index is 2.25. The number of anilines is 2. The van der Waals surface area contributed by atoms with Crippen molar-refractivity contribution in [2.45, 2.75) is 32.7 Å². The minimum absolute atomic E-state index is 0.0971. The largest absolute Gasteiger partial charge is 0.397 e. The number of carbonyl (C=O) groups is 1. The van der Waals surface area contributed by atoms with Crippen molar-refractivity contribution in [3.05, 3.63) is 23.8 Å². The second kappa shape index (κ2) is 5.51. The van der Waals surface area contributed by atoms with Crippen molar-refractivity contribution >= 4 is 17.3 Å². The molecule has 1 fully saturated rings. The highest BCUT2D eigenvalue weighted by molar-refractivity contribution is 5.96. The van der Waals surface area contributed by atoms with Crippen LogP contribution in [0.3, 0.4) is 0 Å². The summed E-state index contributed by atoms with van der Waals surface area (Å²) in [4.78, 5) is 14.0. The molecular weight excluding hydrogens is 238 g/mol. The van der Waals surface area contributed by atoms with Gasteiger partial charge >= 0.3 is 0 Å². The van der Waals surface area contributed by atoms with Crippen molar-refractivity contribution in [2.24, 2.45) is 5.92 Å². The first kappa shape index (κ1) is 13.7. The van der Waals surface area contributed by atoms with Crippen molar-refractivity contribution < 1.29 is 4.79 Å². The monoisotopic (exact) mass is 261 g/mol. The molecule has 2 rings (SSSR count). The fourth-order valence-electron chi connectivity index (χ4n) is 2.33. The number of carbonyl (C=O) groups excluding carboxylic acids is 1. The summed E-state index contributed by atoms with van der Waals surface area (Å²) in [7, 11) is 1.63. The molecule has 0 spiro atoms. The molecule has 0 radical (unpaired) electrons. The van der Waals surface area contributed by atoms with E-state index >= 15 is 0 Å². The van der Waals surface area contributed by atoms with Gasteiger partial charge in [-0.25, -0.2) is 0 Å². The van der Waals surface area contributed by atoms with E-state index in [2.05, 4.69) is 24.1 Å². The van der Waals surface area contributed by atoms with Crippen molar-refractivity contribution in [1.82, 2.24) is 5.32 Å². The molecule has 0 aliphatic heterocycles. The fourth-order valence-corrected chi connectivity index (χ4v) is 2.33. The Morgan fingerprint density at radius 1 is 1.47 bits per heavy atom. The molecule has 0 aromatic heterocycles. The van der Waals surface area contributed by atoms with Crippen LogP contribution in [-0.2, 0) is 0 Å². The van der Waals surface area contributed by atoms with Crippen molar-refractivity contribution in [1.29, 1.82) is 0 Å². The van der Waals surface area contributed by atoms with Gasteiger partial charge in [-0.1, -0.05) is 13.8 Å². The summed E-state index contributed by atoms with van der Waals surface area (Å²) in [6.45, 7) is 5.43. The molecule has 0 heterocycles. The molecule has 1 amide bonds. The summed E-state index contributed by atoms with van der Waals surface area (Å²) in [6.07, 6.45) is 2.48. The molecule has 1 saturated carbocycles. The Morgan fingerprint density at radius 2 is 2.16 bits per heavy atom. The van der Waals surface area contributed by atoms with Crippen LogP contribution in [0.5, 0.6) is 0 Å². The Bertz CT molecular complexity index is 466. The predicted molar refractivity (Wildman–Crippen MR) is 79.5 cm³/mol. The maximum atomic E-state index is 11.6. The summed E-state index contributed by atoms with van der Waals surface area (Å²) in [5.41, 5.74) is 8.50. The Morgan fingerprint density at radius 3 is 2.63 bits per heavy atom. The number of amides is 1. The molecule has 1 aliphatic carbocycles. The Kier molecular flexibility index (Phi) is 3.98. The van der Waals surface area contributed by atoms with E-state index < -0.39 is 0 Å². The lowest BCUT2D eigenvalue weighted by Gasteiger charge is -2.28. The minimum atomic E-state index is -0.0971. The molecule has 0 unspecified atom stereocenters. The lowest BCUT2D eigenvalue weighted by atomic mass is 10.1. The predicted octanol–water partition coefficient (Wildman–Crippen LogP) is 2.25. The highest BCUT2D eigenvalue weighted by Gasteiger charge is 2.30. The van der Waals surface area contributed by atoms with E-state index in [0.717, 1.165) is 12.2 Å². The zero-order chi connectivity index (χ0) is 14.0. The van der Waals surface area contributed by atoms with Crippen LogP contribution in [0.4, 0.5) is 11.4 Å². The summed E-state index contributed by atoms with van der Waals surface area (Å²) in [5.74, 6) is 0.499. The van der Waals surface area contributed by atoms with Gasteiger partial charge in [0.2, 0.25) is 0 Å². The number of nitrogens with one attached hydrogen (secondary N) is 1. The second-order valence-electron chi connectivity index (χ2n) is 5.63. The molecule has 1 aromatic carbocycles. The molecule has 4 nitrogen and oxygen atoms in total. The maximum Gasteiger partial charge on any atom is 0.251 e. The van der Waals surface area contributed by atoms with Crippen LogP contribution in [-0.4, -0.2) is 25.5 Å². The first-order chi connectivity index (χ1) is 9.02. The average Bonchev–Trinajstić information content (AvgIpc) is 3.19. The molecule has 1 aliphatic rings. The van der Waals surface area contributed by atoms with Crippen LogP contribution in [0, 0.1) is 5.92 Å². The molecule has 0 atom stereocenters. The van der Waals surface area contributed by atoms with E-state index in [1.165, 1.54) is 12.8 Å². The van der Waals surface area contributed by atoms with Crippen molar-refractivity contribution in [3.8, 4) is 0 Å². The van der Waals surface area contributed by atoms with Crippen LogP contribution in [0.25, 0.3) is 0 Å². The molecule has 0 bridgehead atoms. The van der Waals surface area contributed by atoms with E-state index in [-0.39, 0.29) is 5.91 Å². The summed E-state index contributed by atoms with van der Waals surface area (Å²) >= 11 is 0. The second-order valence-corrected chi connectivity index (χ2v) is 5.63. The van der Waals surface area contributed by atoms with Gasteiger partial charge in [0.1, 0.15) is 0 Å². The number of nitrogens with zero attached hydrogens (tertiary/aromatic N) is 1. The van der Waals surface area contributed by atoms with Gasteiger partial charge in [-0.15, -0.1) is 0 Å². The highest BCUT2D eigenvalue weighted by atomic mass is 16.1. The third-order valence-corrected chi connectivity index (χ3v) is 3.38. The highest BCUT2D eigenvalue weighted by Crippen LogP contribution is 2.35. The lowest BCUT2D eigenvalue weighted by Crippen LogP contribution is -2.30. The molecular formula is C15H23N3O. The van der Waals surface area contributed by atoms with E-state index in [4.69, 9.17) is 5.73 Å². The van der Waals surface area contributed by atoms with Crippen molar-refractivity contribution in [2.75, 3.05) is 24.2 Å². The zero-order valence-corrected chi connectivity index (χ0v) is 11.9. The first-order valence-corrected chi connectivity index (χ1v) is 6.91. The summed E-state index contributed by atoms with van der Waals surface area (Å²) in [5, 5.41) is 2.62. The van der Waals surface area contributed by atoms with Gasteiger partial charge in [-0.05, 0) is 37.0 Å². The van der Waals surface area contributed by atoms with Crippen molar-refractivity contribution in [3.63, 3.8) is 0 Å². The van der Waals surface area contributed by atoms with Gasteiger partial charge in [-0.3, -0.25) is 4.79 Å². The lowest BCUT2D eigenvalue weighted by molar-refractivity contribution is 0.0963. The van der Waals surface area contributed by atoms with Crippen LogP contribution in [0.2, 0.25) is 0 Å². The summed E-state index contributed by atoms with van der Waals surface area (Å²) < 4.78 is 0. The average molecular weight is 261 g/mol. The van der Waals surface area contributed by atoms with Crippen LogP contribution >= 0.6 is 0 Å². The molecule has 3 N–H and O–H groups in total. The van der Waals surface area contributed by atoms with E-state index in [9.17, 15) is 4.79 Å². The Labute approximate surface area is 115 Å². The van der Waals surface area contributed by atoms with Crippen LogP contribution < -0.4 is 16.0 Å². The number of rotatable bonds is 5. The van der Waals surface area contributed by atoms with Crippen LogP contribution in [0.1, 0.15) is 37.0 Å². The minimum Gasteiger partial charge on any atom is -0.397 e. The quantitative estimate of drug-likeness (QED) is 0.799. The van der Waals surface area contributed by atoms with Gasteiger partial charge in [0.05, 0.1) is 11.4 Å². The normalized spacial score (nSPS) is 14.5. The molecule has 104 valence electrons. The number of nitrogen functional groups attached to an aromatic ring is 1. The maximum absolute atomic E-state index is 11.6. The number of benzene rings is 1. The molecule has 1 aromatic rings. The first-order valence-electron chi connectivity index (χ1n) is 6.91. The van der Waals surface area contributed by atoms with Gasteiger partial charge in [-0.2, -0.15) is 0 Å². The number of hydrogen-bond acceptors (Lipinski definition) is 3. The van der Waals surface area contributed by atoms with Gasteiger partial charge in [0.15, 0.2) is 0 Å².